The van der Waals surface area contributed by atoms with E-state index in [1.807, 2.05) is 0 Å². The number of hydrogen-bond acceptors (Lipinski definition) is 2. The van der Waals surface area contributed by atoms with Gasteiger partial charge >= 0.3 is 0 Å². The summed E-state index contributed by atoms with van der Waals surface area (Å²) in [6.07, 6.45) is 8.52. The number of ether oxygens (including phenoxy) is 1. The highest BCUT2D eigenvalue weighted by atomic mass is 16.5. The van der Waals surface area contributed by atoms with E-state index in [0.29, 0.717) is 6.10 Å². The van der Waals surface area contributed by atoms with Crippen molar-refractivity contribution in [3.8, 4) is 0 Å². The van der Waals surface area contributed by atoms with Gasteiger partial charge in [-0.3, -0.25) is 0 Å². The fourth-order valence-corrected chi connectivity index (χ4v) is 2.46. The predicted octanol–water partition coefficient (Wildman–Crippen LogP) is 3.61. The van der Waals surface area contributed by atoms with Gasteiger partial charge in [0.2, 0.25) is 0 Å². The molecule has 2 nitrogen and oxygen atoms in total. The van der Waals surface area contributed by atoms with Gasteiger partial charge < -0.3 is 10.1 Å². The molecule has 1 saturated heterocycles. The van der Waals surface area contributed by atoms with Gasteiger partial charge in [-0.25, -0.2) is 0 Å². The number of hydrogen-bond donors (Lipinski definition) is 1. The largest absolute Gasteiger partial charge is 0.378 e. The van der Waals surface area contributed by atoms with Gasteiger partial charge in [0.1, 0.15) is 0 Å². The van der Waals surface area contributed by atoms with Gasteiger partial charge in [-0.05, 0) is 50.6 Å². The third kappa shape index (κ3) is 7.77. The minimum Gasteiger partial charge on any atom is -0.378 e. The molecule has 1 heterocycles. The molecule has 0 aliphatic carbocycles. The maximum absolute atomic E-state index is 5.64. The third-order valence-electron chi connectivity index (χ3n) is 3.54. The molecule has 0 radical (unpaired) electrons. The Hall–Kier alpha value is -0.0800. The fraction of sp³-hybridized carbons (Fsp3) is 1.00. The van der Waals surface area contributed by atoms with Crippen LogP contribution in [-0.2, 0) is 4.74 Å². The van der Waals surface area contributed by atoms with Gasteiger partial charge in [-0.15, -0.1) is 0 Å². The molecule has 1 N–H and O–H groups in total. The van der Waals surface area contributed by atoms with Crippen molar-refractivity contribution in [3.05, 3.63) is 0 Å². The van der Waals surface area contributed by atoms with Crippen LogP contribution in [0.5, 0.6) is 0 Å². The Morgan fingerprint density at radius 2 is 2.00 bits per heavy atom. The van der Waals surface area contributed by atoms with E-state index in [-0.39, 0.29) is 0 Å². The van der Waals surface area contributed by atoms with Crippen LogP contribution in [0.2, 0.25) is 0 Å². The van der Waals surface area contributed by atoms with Crippen LogP contribution < -0.4 is 5.32 Å². The van der Waals surface area contributed by atoms with Gasteiger partial charge in [0, 0.05) is 6.61 Å². The standard InChI is InChI=1S/C15H31NO/c1-13(2)11-16-12-14(3)7-4-5-8-15-9-6-10-17-15/h13-16H,4-12H2,1-3H3. The molecule has 0 aromatic rings. The van der Waals surface area contributed by atoms with Crippen molar-refractivity contribution in [1.29, 1.82) is 0 Å². The number of rotatable bonds is 9. The molecule has 1 rings (SSSR count). The second-order valence-corrected chi connectivity index (χ2v) is 6.08. The summed E-state index contributed by atoms with van der Waals surface area (Å²) >= 11 is 0. The summed E-state index contributed by atoms with van der Waals surface area (Å²) in [6.45, 7) is 10.2. The first-order chi connectivity index (χ1) is 8.18. The van der Waals surface area contributed by atoms with E-state index in [2.05, 4.69) is 26.1 Å². The van der Waals surface area contributed by atoms with E-state index in [1.165, 1.54) is 45.1 Å². The lowest BCUT2D eigenvalue weighted by Crippen LogP contribution is -2.25. The van der Waals surface area contributed by atoms with E-state index in [1.54, 1.807) is 0 Å². The maximum Gasteiger partial charge on any atom is 0.0576 e. The highest BCUT2D eigenvalue weighted by Gasteiger charge is 2.14. The van der Waals surface area contributed by atoms with E-state index in [0.717, 1.165) is 25.0 Å². The quantitative estimate of drug-likeness (QED) is 0.623. The zero-order chi connectivity index (χ0) is 12.5. The molecule has 1 aliphatic heterocycles. The molecule has 102 valence electrons. The van der Waals surface area contributed by atoms with Crippen molar-refractivity contribution in [2.75, 3.05) is 19.7 Å². The number of unbranched alkanes of at least 4 members (excludes halogenated alkanes) is 1. The molecule has 0 saturated carbocycles. The van der Waals surface area contributed by atoms with Crippen molar-refractivity contribution in [2.45, 2.75) is 65.4 Å². The van der Waals surface area contributed by atoms with Crippen molar-refractivity contribution in [1.82, 2.24) is 5.32 Å². The summed E-state index contributed by atoms with van der Waals surface area (Å²) in [5, 5.41) is 3.54. The summed E-state index contributed by atoms with van der Waals surface area (Å²) in [5.74, 6) is 1.58. The Morgan fingerprint density at radius 1 is 1.18 bits per heavy atom. The lowest BCUT2D eigenvalue weighted by atomic mass is 10.0. The smallest absolute Gasteiger partial charge is 0.0576 e. The first kappa shape index (κ1) is 15.0. The predicted molar refractivity (Wildman–Crippen MR) is 74.3 cm³/mol. The highest BCUT2D eigenvalue weighted by molar-refractivity contribution is 4.65. The summed E-state index contributed by atoms with van der Waals surface area (Å²) in [6, 6.07) is 0. The average Bonchev–Trinajstić information content (AvgIpc) is 2.76. The minimum atomic E-state index is 0.587. The average molecular weight is 241 g/mol. The Labute approximate surface area is 108 Å². The summed E-state index contributed by atoms with van der Waals surface area (Å²) in [7, 11) is 0. The summed E-state index contributed by atoms with van der Waals surface area (Å²) in [4.78, 5) is 0. The topological polar surface area (TPSA) is 21.3 Å². The monoisotopic (exact) mass is 241 g/mol. The molecule has 1 fully saturated rings. The highest BCUT2D eigenvalue weighted by Crippen LogP contribution is 2.19. The van der Waals surface area contributed by atoms with Gasteiger partial charge in [-0.1, -0.05) is 33.6 Å². The zero-order valence-electron chi connectivity index (χ0n) is 12.0. The van der Waals surface area contributed by atoms with E-state index < -0.39 is 0 Å². The summed E-state index contributed by atoms with van der Waals surface area (Å²) < 4.78 is 5.64. The Kier molecular flexibility index (Phi) is 7.87. The van der Waals surface area contributed by atoms with Crippen LogP contribution in [0.4, 0.5) is 0 Å². The van der Waals surface area contributed by atoms with Crippen LogP contribution >= 0.6 is 0 Å². The third-order valence-corrected chi connectivity index (χ3v) is 3.54. The molecule has 17 heavy (non-hydrogen) atoms. The van der Waals surface area contributed by atoms with Gasteiger partial charge in [0.05, 0.1) is 6.10 Å². The first-order valence-electron chi connectivity index (χ1n) is 7.50. The molecular weight excluding hydrogens is 210 g/mol. The molecule has 0 amide bonds. The lowest BCUT2D eigenvalue weighted by molar-refractivity contribution is 0.101. The maximum atomic E-state index is 5.64. The first-order valence-corrected chi connectivity index (χ1v) is 7.50. The molecule has 2 atom stereocenters. The van der Waals surface area contributed by atoms with Crippen LogP contribution in [0.25, 0.3) is 0 Å². The SMILES string of the molecule is CC(C)CNCC(C)CCCCC1CCCO1. The fourth-order valence-electron chi connectivity index (χ4n) is 2.46. The van der Waals surface area contributed by atoms with E-state index in [4.69, 9.17) is 4.74 Å². The molecule has 2 heteroatoms. The van der Waals surface area contributed by atoms with Crippen LogP contribution in [-0.4, -0.2) is 25.8 Å². The van der Waals surface area contributed by atoms with E-state index >= 15 is 0 Å². The van der Waals surface area contributed by atoms with Crippen LogP contribution in [0.1, 0.15) is 59.3 Å². The van der Waals surface area contributed by atoms with Crippen molar-refractivity contribution >= 4 is 0 Å². The normalized spacial score (nSPS) is 22.2. The van der Waals surface area contributed by atoms with Gasteiger partial charge in [-0.2, -0.15) is 0 Å². The van der Waals surface area contributed by atoms with Crippen LogP contribution in [0.3, 0.4) is 0 Å². The van der Waals surface area contributed by atoms with E-state index in [9.17, 15) is 0 Å². The van der Waals surface area contributed by atoms with Crippen molar-refractivity contribution in [3.63, 3.8) is 0 Å². The molecule has 0 spiro atoms. The molecule has 2 unspecified atom stereocenters. The second kappa shape index (κ2) is 8.93. The van der Waals surface area contributed by atoms with Crippen LogP contribution in [0, 0.1) is 11.8 Å². The van der Waals surface area contributed by atoms with Crippen molar-refractivity contribution < 1.29 is 4.74 Å². The van der Waals surface area contributed by atoms with Crippen LogP contribution in [0.15, 0.2) is 0 Å². The number of nitrogens with one attached hydrogen (secondary N) is 1. The lowest BCUT2D eigenvalue weighted by Gasteiger charge is -2.14. The van der Waals surface area contributed by atoms with Gasteiger partial charge in [0.25, 0.3) is 0 Å². The molecule has 0 bridgehead atoms. The molecule has 1 aliphatic rings. The zero-order valence-corrected chi connectivity index (χ0v) is 12.0. The Morgan fingerprint density at radius 3 is 2.65 bits per heavy atom. The van der Waals surface area contributed by atoms with Crippen molar-refractivity contribution in [2.24, 2.45) is 11.8 Å². The Balaban J connectivity index is 1.87. The van der Waals surface area contributed by atoms with Gasteiger partial charge in [0.15, 0.2) is 0 Å². The molecular formula is C15H31NO. The second-order valence-electron chi connectivity index (χ2n) is 6.08. The molecule has 0 aromatic carbocycles. The Bertz CT molecular complexity index is 176. The molecule has 0 aromatic heterocycles. The summed E-state index contributed by atoms with van der Waals surface area (Å²) in [5.41, 5.74) is 0. The minimum absolute atomic E-state index is 0.587.